The Morgan fingerprint density at radius 3 is 3.00 bits per heavy atom. The Morgan fingerprint density at radius 2 is 2.44 bits per heavy atom. The van der Waals surface area contributed by atoms with Crippen LogP contribution in [0.5, 0.6) is 0 Å². The first-order valence-corrected chi connectivity index (χ1v) is 5.91. The highest BCUT2D eigenvalue weighted by Gasteiger charge is 2.27. The molecule has 18 heavy (non-hydrogen) atoms. The summed E-state index contributed by atoms with van der Waals surface area (Å²) in [4.78, 5) is 26.6. The number of hydrogen-bond acceptors (Lipinski definition) is 6. The molecule has 0 fully saturated rings. The highest BCUT2D eigenvalue weighted by Crippen LogP contribution is 2.30. The van der Waals surface area contributed by atoms with Gasteiger partial charge in [-0.05, 0) is 11.4 Å². The van der Waals surface area contributed by atoms with Crippen molar-refractivity contribution >= 4 is 23.7 Å². The standard InChI is InChI=1S/C11H10N2O4S/c1-6-13-8(10(17-6)11(12)15)9(16-5-14)7-3-2-4-18-7/h2-5,9H,1H3,(H2,12,15). The molecule has 7 heteroatoms. The zero-order valence-electron chi connectivity index (χ0n) is 9.45. The van der Waals surface area contributed by atoms with Gasteiger partial charge >= 0.3 is 0 Å². The van der Waals surface area contributed by atoms with Crippen molar-refractivity contribution < 1.29 is 18.7 Å². The minimum Gasteiger partial charge on any atom is -0.452 e. The normalized spacial score (nSPS) is 12.1. The van der Waals surface area contributed by atoms with Crippen molar-refractivity contribution in [1.82, 2.24) is 4.98 Å². The molecule has 94 valence electrons. The molecule has 1 amide bonds. The Balaban J connectivity index is 2.49. The third-order valence-electron chi connectivity index (χ3n) is 2.23. The van der Waals surface area contributed by atoms with Crippen LogP contribution in [0.2, 0.25) is 0 Å². The highest BCUT2D eigenvalue weighted by molar-refractivity contribution is 7.10. The number of amides is 1. The van der Waals surface area contributed by atoms with Crippen molar-refractivity contribution in [2.45, 2.75) is 13.0 Å². The summed E-state index contributed by atoms with van der Waals surface area (Å²) in [6.45, 7) is 1.89. The van der Waals surface area contributed by atoms with Gasteiger partial charge in [0.1, 0.15) is 5.69 Å². The molecule has 1 atom stereocenters. The summed E-state index contributed by atoms with van der Waals surface area (Å²) in [6, 6.07) is 3.58. The number of rotatable bonds is 5. The van der Waals surface area contributed by atoms with Gasteiger partial charge in [0, 0.05) is 6.92 Å². The lowest BCUT2D eigenvalue weighted by atomic mass is 10.2. The van der Waals surface area contributed by atoms with Crippen LogP contribution in [0.25, 0.3) is 0 Å². The smallest absolute Gasteiger partial charge is 0.294 e. The molecular weight excluding hydrogens is 256 g/mol. The second-order valence-corrected chi connectivity index (χ2v) is 4.42. The van der Waals surface area contributed by atoms with Crippen LogP contribution in [0.15, 0.2) is 21.9 Å². The first-order chi connectivity index (χ1) is 8.63. The van der Waals surface area contributed by atoms with Crippen LogP contribution >= 0.6 is 11.3 Å². The Labute approximate surface area is 106 Å². The van der Waals surface area contributed by atoms with Crippen molar-refractivity contribution in [3.05, 3.63) is 39.7 Å². The maximum Gasteiger partial charge on any atom is 0.294 e. The summed E-state index contributed by atoms with van der Waals surface area (Å²) in [5.74, 6) is -0.552. The van der Waals surface area contributed by atoms with Crippen molar-refractivity contribution in [1.29, 1.82) is 0 Å². The summed E-state index contributed by atoms with van der Waals surface area (Å²) in [5, 5.41) is 1.83. The Hall–Kier alpha value is -2.15. The Kier molecular flexibility index (Phi) is 3.42. The lowest BCUT2D eigenvalue weighted by molar-refractivity contribution is -0.132. The van der Waals surface area contributed by atoms with E-state index in [1.54, 1.807) is 19.1 Å². The van der Waals surface area contributed by atoms with E-state index in [9.17, 15) is 9.59 Å². The van der Waals surface area contributed by atoms with E-state index in [1.165, 1.54) is 11.3 Å². The predicted molar refractivity (Wildman–Crippen MR) is 63.1 cm³/mol. The molecule has 2 aromatic rings. The number of oxazole rings is 1. The van der Waals surface area contributed by atoms with Crippen molar-refractivity contribution in [3.63, 3.8) is 0 Å². The maximum atomic E-state index is 11.3. The van der Waals surface area contributed by atoms with E-state index >= 15 is 0 Å². The Bertz CT molecular complexity index is 562. The fraction of sp³-hybridized carbons (Fsp3) is 0.182. The molecule has 2 heterocycles. The van der Waals surface area contributed by atoms with Crippen molar-refractivity contribution in [3.8, 4) is 0 Å². The van der Waals surface area contributed by atoms with Gasteiger partial charge in [0.25, 0.3) is 12.4 Å². The van der Waals surface area contributed by atoms with E-state index in [1.807, 2.05) is 5.38 Å². The SMILES string of the molecule is Cc1nc(C(OC=O)c2cccs2)c(C(N)=O)o1. The van der Waals surface area contributed by atoms with Gasteiger partial charge in [0.2, 0.25) is 5.76 Å². The van der Waals surface area contributed by atoms with Gasteiger partial charge in [-0.1, -0.05) is 6.07 Å². The van der Waals surface area contributed by atoms with Gasteiger partial charge in [-0.3, -0.25) is 9.59 Å². The zero-order valence-corrected chi connectivity index (χ0v) is 10.3. The number of ether oxygens (including phenoxy) is 1. The van der Waals surface area contributed by atoms with Crippen molar-refractivity contribution in [2.24, 2.45) is 5.73 Å². The molecule has 0 aliphatic carbocycles. The summed E-state index contributed by atoms with van der Waals surface area (Å²) in [6.07, 6.45) is -0.776. The first-order valence-electron chi connectivity index (χ1n) is 5.03. The molecule has 0 saturated heterocycles. The van der Waals surface area contributed by atoms with Crippen LogP contribution in [-0.4, -0.2) is 17.4 Å². The van der Waals surface area contributed by atoms with Crippen LogP contribution in [0.4, 0.5) is 0 Å². The second-order valence-electron chi connectivity index (χ2n) is 3.44. The molecule has 1 unspecified atom stereocenters. The number of nitrogens with zero attached hydrogens (tertiary/aromatic N) is 1. The van der Waals surface area contributed by atoms with Crippen LogP contribution < -0.4 is 5.73 Å². The quantitative estimate of drug-likeness (QED) is 0.825. The minimum absolute atomic E-state index is 0.0900. The minimum atomic E-state index is -0.776. The molecule has 0 spiro atoms. The molecule has 0 radical (unpaired) electrons. The number of carbonyl (C=O) groups excluding carboxylic acids is 2. The fourth-order valence-electron chi connectivity index (χ4n) is 1.56. The largest absolute Gasteiger partial charge is 0.452 e. The number of nitrogens with two attached hydrogens (primary N) is 1. The molecule has 6 nitrogen and oxygen atoms in total. The number of thiophene rings is 1. The monoisotopic (exact) mass is 266 g/mol. The van der Waals surface area contributed by atoms with E-state index < -0.39 is 12.0 Å². The summed E-state index contributed by atoms with van der Waals surface area (Å²) < 4.78 is 10.1. The van der Waals surface area contributed by atoms with Crippen molar-refractivity contribution in [2.75, 3.05) is 0 Å². The van der Waals surface area contributed by atoms with Gasteiger partial charge in [-0.25, -0.2) is 4.98 Å². The maximum absolute atomic E-state index is 11.3. The Morgan fingerprint density at radius 1 is 1.67 bits per heavy atom. The van der Waals surface area contributed by atoms with Crippen LogP contribution in [0.1, 0.15) is 33.1 Å². The molecule has 2 rings (SSSR count). The number of carbonyl (C=O) groups is 2. The molecule has 2 N–H and O–H groups in total. The summed E-state index contributed by atoms with van der Waals surface area (Å²) in [7, 11) is 0. The number of aromatic nitrogens is 1. The molecule has 0 aliphatic heterocycles. The summed E-state index contributed by atoms with van der Waals surface area (Å²) >= 11 is 1.38. The third-order valence-corrected chi connectivity index (χ3v) is 3.14. The van der Waals surface area contributed by atoms with E-state index in [2.05, 4.69) is 4.98 Å². The van der Waals surface area contributed by atoms with Gasteiger partial charge in [-0.15, -0.1) is 11.3 Å². The highest BCUT2D eigenvalue weighted by atomic mass is 32.1. The molecule has 0 aromatic carbocycles. The van der Waals surface area contributed by atoms with E-state index in [0.717, 1.165) is 4.88 Å². The first kappa shape index (κ1) is 12.3. The topological polar surface area (TPSA) is 95.4 Å². The van der Waals surface area contributed by atoms with Gasteiger partial charge in [-0.2, -0.15) is 0 Å². The second kappa shape index (κ2) is 5.01. The van der Waals surface area contributed by atoms with Gasteiger partial charge in [0.05, 0.1) is 4.88 Å². The molecule has 0 saturated carbocycles. The van der Waals surface area contributed by atoms with E-state index in [4.69, 9.17) is 14.9 Å². The lowest BCUT2D eigenvalue weighted by Gasteiger charge is -2.11. The third kappa shape index (κ3) is 2.25. The average molecular weight is 266 g/mol. The molecule has 0 aliphatic rings. The lowest BCUT2D eigenvalue weighted by Crippen LogP contribution is -2.15. The predicted octanol–water partition coefficient (Wildman–Crippen LogP) is 1.41. The van der Waals surface area contributed by atoms with Crippen LogP contribution in [0.3, 0.4) is 0 Å². The number of primary amides is 1. The molecular formula is C11H10N2O4S. The molecule has 2 aromatic heterocycles. The molecule has 0 bridgehead atoms. The van der Waals surface area contributed by atoms with Gasteiger partial charge in [0.15, 0.2) is 12.0 Å². The van der Waals surface area contributed by atoms with E-state index in [0.29, 0.717) is 6.47 Å². The van der Waals surface area contributed by atoms with E-state index in [-0.39, 0.29) is 17.3 Å². The summed E-state index contributed by atoms with van der Waals surface area (Å²) in [5.41, 5.74) is 5.42. The fourth-order valence-corrected chi connectivity index (χ4v) is 2.32. The average Bonchev–Trinajstić information content (AvgIpc) is 2.94. The number of hydrogen-bond donors (Lipinski definition) is 1. The van der Waals surface area contributed by atoms with Gasteiger partial charge < -0.3 is 14.9 Å². The zero-order chi connectivity index (χ0) is 13.1. The van der Waals surface area contributed by atoms with Crippen LogP contribution in [0, 0.1) is 6.92 Å². The van der Waals surface area contributed by atoms with Crippen LogP contribution in [-0.2, 0) is 9.53 Å². The number of aryl methyl sites for hydroxylation is 1.